The monoisotopic (exact) mass is 216 g/mol. The molecule has 1 aliphatic rings. The molecule has 1 fully saturated rings. The Morgan fingerprint density at radius 1 is 1.60 bits per heavy atom. The number of esters is 1. The molecule has 84 valence electrons. The maximum absolute atomic E-state index is 11.2. The highest BCUT2D eigenvalue weighted by molar-refractivity contribution is 5.98. The molecule has 2 atom stereocenters. The van der Waals surface area contributed by atoms with E-state index in [4.69, 9.17) is 5.73 Å². The zero-order chi connectivity index (χ0) is 11.6. The van der Waals surface area contributed by atoms with E-state index in [0.29, 0.717) is 0 Å². The van der Waals surface area contributed by atoms with Gasteiger partial charge in [0.2, 0.25) is 0 Å². The van der Waals surface area contributed by atoms with Crippen molar-refractivity contribution in [3.05, 3.63) is 0 Å². The molecule has 1 rings (SSSR count). The lowest BCUT2D eigenvalue weighted by Gasteiger charge is -2.23. The summed E-state index contributed by atoms with van der Waals surface area (Å²) >= 11 is 0. The number of ether oxygens (including phenoxy) is 2. The molecular weight excluding hydrogens is 204 g/mol. The van der Waals surface area contributed by atoms with Gasteiger partial charge in [-0.25, -0.2) is 9.69 Å². The number of hydrogen-bond acceptors (Lipinski definition) is 6. The second-order valence-electron chi connectivity index (χ2n) is 3.11. The molecule has 0 radical (unpaired) electrons. The Morgan fingerprint density at radius 2 is 2.20 bits per heavy atom. The molecule has 15 heavy (non-hydrogen) atoms. The average Bonchev–Trinajstić information content (AvgIpc) is 2.55. The molecule has 2 amide bonds. The van der Waals surface area contributed by atoms with Gasteiger partial charge in [-0.05, 0) is 6.92 Å². The second kappa shape index (κ2) is 4.26. The molecule has 1 heterocycles. The van der Waals surface area contributed by atoms with E-state index in [-0.39, 0.29) is 6.61 Å². The molecule has 0 aromatic rings. The number of nitrogens with two attached hydrogens (primary N) is 1. The van der Waals surface area contributed by atoms with Crippen molar-refractivity contribution < 1.29 is 23.9 Å². The molecule has 0 aromatic carbocycles. The fourth-order valence-corrected chi connectivity index (χ4v) is 1.25. The third kappa shape index (κ3) is 2.07. The van der Waals surface area contributed by atoms with Crippen molar-refractivity contribution >= 4 is 18.0 Å². The first-order chi connectivity index (χ1) is 6.99. The van der Waals surface area contributed by atoms with Gasteiger partial charge in [-0.15, -0.1) is 0 Å². The van der Waals surface area contributed by atoms with Crippen LogP contribution in [0.1, 0.15) is 6.92 Å². The summed E-state index contributed by atoms with van der Waals surface area (Å²) in [6.45, 7) is 1.17. The fraction of sp³-hybridized carbons (Fsp3) is 0.625. The average molecular weight is 216 g/mol. The first kappa shape index (κ1) is 11.4. The standard InChI is InChI=1S/C8H12N2O5/c1-4(6(9)7(12)14-2)10-5(11)3-15-8(10)13/h4,6H,3,9H2,1-2H3/t4-,6-/m1/s1. The molecule has 2 N–H and O–H groups in total. The summed E-state index contributed by atoms with van der Waals surface area (Å²) < 4.78 is 8.90. The van der Waals surface area contributed by atoms with Gasteiger partial charge in [0.15, 0.2) is 6.61 Å². The van der Waals surface area contributed by atoms with Crippen LogP contribution < -0.4 is 5.73 Å². The first-order valence-electron chi connectivity index (χ1n) is 4.31. The van der Waals surface area contributed by atoms with E-state index >= 15 is 0 Å². The van der Waals surface area contributed by atoms with E-state index in [0.717, 1.165) is 4.90 Å². The normalized spacial score (nSPS) is 19.8. The topological polar surface area (TPSA) is 98.9 Å². The van der Waals surface area contributed by atoms with Crippen LogP contribution in [0.25, 0.3) is 0 Å². The maximum Gasteiger partial charge on any atom is 0.417 e. The largest absolute Gasteiger partial charge is 0.468 e. The third-order valence-electron chi connectivity index (χ3n) is 2.18. The van der Waals surface area contributed by atoms with E-state index < -0.39 is 30.1 Å². The van der Waals surface area contributed by atoms with Gasteiger partial charge < -0.3 is 15.2 Å². The number of carbonyl (C=O) groups is 3. The Morgan fingerprint density at radius 3 is 2.60 bits per heavy atom. The highest BCUT2D eigenvalue weighted by atomic mass is 16.6. The van der Waals surface area contributed by atoms with Gasteiger partial charge in [-0.1, -0.05) is 0 Å². The van der Waals surface area contributed by atoms with E-state index in [9.17, 15) is 14.4 Å². The Balaban J connectivity index is 2.75. The van der Waals surface area contributed by atoms with Crippen LogP contribution in [0, 0.1) is 0 Å². The van der Waals surface area contributed by atoms with E-state index in [1.807, 2.05) is 0 Å². The van der Waals surface area contributed by atoms with Crippen molar-refractivity contribution in [2.75, 3.05) is 13.7 Å². The number of carbonyl (C=O) groups excluding carboxylic acids is 3. The zero-order valence-electron chi connectivity index (χ0n) is 8.43. The minimum Gasteiger partial charge on any atom is -0.468 e. The van der Waals surface area contributed by atoms with Gasteiger partial charge in [0.05, 0.1) is 13.2 Å². The number of hydrogen-bond donors (Lipinski definition) is 1. The minimum atomic E-state index is -1.07. The number of cyclic esters (lactones) is 1. The Hall–Kier alpha value is -1.63. The van der Waals surface area contributed by atoms with Crippen LogP contribution in [0.3, 0.4) is 0 Å². The molecule has 7 heteroatoms. The summed E-state index contributed by atoms with van der Waals surface area (Å²) in [5, 5.41) is 0. The molecule has 7 nitrogen and oxygen atoms in total. The van der Waals surface area contributed by atoms with Gasteiger partial charge in [-0.3, -0.25) is 9.59 Å². The van der Waals surface area contributed by atoms with Gasteiger partial charge in [0.25, 0.3) is 5.91 Å². The fourth-order valence-electron chi connectivity index (χ4n) is 1.25. The van der Waals surface area contributed by atoms with Gasteiger partial charge in [0.1, 0.15) is 6.04 Å². The Bertz CT molecular complexity index is 287. The number of imide groups is 1. The van der Waals surface area contributed by atoms with Gasteiger partial charge >= 0.3 is 12.1 Å². The van der Waals surface area contributed by atoms with Crippen molar-refractivity contribution in [3.63, 3.8) is 0 Å². The van der Waals surface area contributed by atoms with Crippen molar-refractivity contribution in [2.24, 2.45) is 5.73 Å². The van der Waals surface area contributed by atoms with E-state index in [1.54, 1.807) is 0 Å². The van der Waals surface area contributed by atoms with Crippen LogP contribution in [-0.2, 0) is 19.1 Å². The van der Waals surface area contributed by atoms with E-state index in [2.05, 4.69) is 9.47 Å². The smallest absolute Gasteiger partial charge is 0.417 e. The lowest BCUT2D eigenvalue weighted by molar-refractivity contribution is -0.144. The maximum atomic E-state index is 11.2. The van der Waals surface area contributed by atoms with Crippen LogP contribution in [-0.4, -0.2) is 48.7 Å². The lowest BCUT2D eigenvalue weighted by atomic mass is 10.1. The quantitative estimate of drug-likeness (QED) is 0.598. The predicted octanol–water partition coefficient (Wildman–Crippen LogP) is -1.15. The van der Waals surface area contributed by atoms with Crippen LogP contribution in [0.4, 0.5) is 4.79 Å². The van der Waals surface area contributed by atoms with Crippen molar-refractivity contribution in [2.45, 2.75) is 19.0 Å². The molecule has 1 aliphatic heterocycles. The summed E-state index contributed by atoms with van der Waals surface area (Å²) in [5.41, 5.74) is 5.50. The highest BCUT2D eigenvalue weighted by Crippen LogP contribution is 2.12. The molecule has 0 bridgehead atoms. The predicted molar refractivity (Wildman–Crippen MR) is 47.6 cm³/mol. The molecule has 0 aromatic heterocycles. The van der Waals surface area contributed by atoms with Gasteiger partial charge in [0, 0.05) is 0 Å². The van der Waals surface area contributed by atoms with E-state index in [1.165, 1.54) is 14.0 Å². The van der Waals surface area contributed by atoms with Crippen LogP contribution >= 0.6 is 0 Å². The summed E-state index contributed by atoms with van der Waals surface area (Å²) in [6, 6.07) is -1.84. The number of amides is 2. The molecule has 0 unspecified atom stereocenters. The number of rotatable bonds is 3. The first-order valence-corrected chi connectivity index (χ1v) is 4.31. The Kier molecular flexibility index (Phi) is 3.25. The Labute approximate surface area is 86.1 Å². The number of methoxy groups -OCH3 is 1. The third-order valence-corrected chi connectivity index (χ3v) is 2.18. The van der Waals surface area contributed by atoms with Gasteiger partial charge in [-0.2, -0.15) is 0 Å². The molecule has 0 saturated carbocycles. The van der Waals surface area contributed by atoms with Crippen molar-refractivity contribution in [3.8, 4) is 0 Å². The summed E-state index contributed by atoms with van der Waals surface area (Å²) in [5.74, 6) is -1.19. The minimum absolute atomic E-state index is 0.308. The molecular formula is C8H12N2O5. The second-order valence-corrected chi connectivity index (χ2v) is 3.11. The zero-order valence-corrected chi connectivity index (χ0v) is 8.43. The highest BCUT2D eigenvalue weighted by Gasteiger charge is 2.39. The SMILES string of the molecule is COC(=O)[C@H](N)[C@@H](C)N1C(=O)COC1=O. The van der Waals surface area contributed by atoms with Crippen LogP contribution in [0.15, 0.2) is 0 Å². The van der Waals surface area contributed by atoms with Crippen molar-refractivity contribution in [1.82, 2.24) is 4.90 Å². The number of nitrogens with zero attached hydrogens (tertiary/aromatic N) is 1. The summed E-state index contributed by atoms with van der Waals surface area (Å²) in [6.07, 6.45) is -0.785. The lowest BCUT2D eigenvalue weighted by Crippen LogP contribution is -2.52. The van der Waals surface area contributed by atoms with Crippen LogP contribution in [0.2, 0.25) is 0 Å². The van der Waals surface area contributed by atoms with Crippen LogP contribution in [0.5, 0.6) is 0 Å². The molecule has 1 saturated heterocycles. The molecule has 0 spiro atoms. The summed E-state index contributed by atoms with van der Waals surface area (Å²) in [7, 11) is 1.18. The summed E-state index contributed by atoms with van der Waals surface area (Å²) in [4.78, 5) is 34.2. The molecule has 0 aliphatic carbocycles. The van der Waals surface area contributed by atoms with Crippen molar-refractivity contribution in [1.29, 1.82) is 0 Å².